The number of nitrogens with one attached hydrogen (secondary N) is 1. The molecule has 0 atom stereocenters. The van der Waals surface area contributed by atoms with Crippen LogP contribution in [0.15, 0.2) is 24.3 Å². The van der Waals surface area contributed by atoms with Crippen molar-refractivity contribution in [2.24, 2.45) is 0 Å². The third-order valence-electron chi connectivity index (χ3n) is 2.46. The maximum Gasteiger partial charge on any atom is 0.257 e. The van der Waals surface area contributed by atoms with Crippen molar-refractivity contribution >= 4 is 28.1 Å². The molecule has 5 nitrogen and oxygen atoms in total. The van der Waals surface area contributed by atoms with E-state index in [2.05, 4.69) is 36.3 Å². The van der Waals surface area contributed by atoms with E-state index in [4.69, 9.17) is 5.73 Å². The molecule has 1 aromatic carbocycles. The summed E-state index contributed by atoms with van der Waals surface area (Å²) < 4.78 is 0. The molecule has 2 rings (SSSR count). The molecule has 0 radical (unpaired) electrons. The summed E-state index contributed by atoms with van der Waals surface area (Å²) in [7, 11) is 0. The first-order valence-electron chi connectivity index (χ1n) is 5.87. The first-order valence-corrected chi connectivity index (χ1v) is 6.69. The topological polar surface area (TPSA) is 80.9 Å². The van der Waals surface area contributed by atoms with Crippen molar-refractivity contribution in [3.63, 3.8) is 0 Å². The average Bonchev–Trinajstić information content (AvgIpc) is 2.78. The Morgan fingerprint density at radius 2 is 1.84 bits per heavy atom. The Labute approximate surface area is 115 Å². The molecule has 19 heavy (non-hydrogen) atoms. The number of amides is 1. The van der Waals surface area contributed by atoms with E-state index in [9.17, 15) is 4.79 Å². The Morgan fingerprint density at radius 3 is 2.37 bits per heavy atom. The summed E-state index contributed by atoms with van der Waals surface area (Å²) in [6, 6.07) is 6.73. The van der Waals surface area contributed by atoms with Crippen molar-refractivity contribution in [1.82, 2.24) is 10.2 Å². The van der Waals surface area contributed by atoms with E-state index in [0.29, 0.717) is 16.4 Å². The number of hydrogen-bond acceptors (Lipinski definition) is 5. The van der Waals surface area contributed by atoms with E-state index in [1.165, 1.54) is 11.3 Å². The Bertz CT molecular complexity index is 583. The van der Waals surface area contributed by atoms with E-state index in [-0.39, 0.29) is 11.3 Å². The van der Waals surface area contributed by atoms with Crippen LogP contribution in [0.25, 0.3) is 0 Å². The van der Waals surface area contributed by atoms with Gasteiger partial charge in [0.15, 0.2) is 0 Å². The maximum atomic E-state index is 12.0. The molecule has 100 valence electrons. The summed E-state index contributed by atoms with van der Waals surface area (Å²) in [5.41, 5.74) is 6.68. The van der Waals surface area contributed by atoms with E-state index >= 15 is 0 Å². The van der Waals surface area contributed by atoms with Crippen LogP contribution in [0.4, 0.5) is 10.8 Å². The highest BCUT2D eigenvalue weighted by Gasteiger charge is 2.20. The molecule has 0 unspecified atom stereocenters. The molecule has 0 aliphatic heterocycles. The lowest BCUT2D eigenvalue weighted by molar-refractivity contribution is 0.102. The predicted molar refractivity (Wildman–Crippen MR) is 77.4 cm³/mol. The van der Waals surface area contributed by atoms with Gasteiger partial charge in [0, 0.05) is 16.7 Å². The second kappa shape index (κ2) is 4.97. The fourth-order valence-corrected chi connectivity index (χ4v) is 2.18. The molecule has 0 saturated heterocycles. The zero-order chi connectivity index (χ0) is 14.0. The fraction of sp³-hybridized carbons (Fsp3) is 0.308. The Morgan fingerprint density at radius 1 is 1.21 bits per heavy atom. The van der Waals surface area contributed by atoms with E-state index in [0.717, 1.165) is 5.01 Å². The molecule has 3 N–H and O–H groups in total. The third-order valence-corrected chi connectivity index (χ3v) is 3.72. The molecule has 0 saturated carbocycles. The normalized spacial score (nSPS) is 11.3. The summed E-state index contributed by atoms with van der Waals surface area (Å²) in [6.07, 6.45) is 0. The van der Waals surface area contributed by atoms with Crippen LogP contribution in [0.2, 0.25) is 0 Å². The number of benzene rings is 1. The lowest BCUT2D eigenvalue weighted by Gasteiger charge is -2.12. The third kappa shape index (κ3) is 3.29. The largest absolute Gasteiger partial charge is 0.399 e. The highest BCUT2D eigenvalue weighted by Crippen LogP contribution is 2.27. The fourth-order valence-electron chi connectivity index (χ4n) is 1.38. The number of carbonyl (C=O) groups is 1. The van der Waals surface area contributed by atoms with Gasteiger partial charge >= 0.3 is 0 Å². The minimum atomic E-state index is -0.211. The molecule has 2 aromatic rings. The van der Waals surface area contributed by atoms with E-state index in [1.807, 2.05) is 0 Å². The molecule has 0 fully saturated rings. The lowest BCUT2D eigenvalue weighted by atomic mass is 9.98. The molecule has 6 heteroatoms. The molecule has 0 aliphatic carbocycles. The number of hydrogen-bond donors (Lipinski definition) is 2. The van der Waals surface area contributed by atoms with Gasteiger partial charge in [-0.15, -0.1) is 10.2 Å². The molecule has 1 amide bonds. The predicted octanol–water partition coefficient (Wildman–Crippen LogP) is 2.67. The first kappa shape index (κ1) is 13.5. The summed E-state index contributed by atoms with van der Waals surface area (Å²) in [5.74, 6) is -0.211. The summed E-state index contributed by atoms with van der Waals surface area (Å²) >= 11 is 1.39. The van der Waals surface area contributed by atoms with Crippen LogP contribution in [-0.2, 0) is 5.41 Å². The summed E-state index contributed by atoms with van der Waals surface area (Å²) in [6.45, 7) is 6.16. The second-order valence-corrected chi connectivity index (χ2v) is 6.22. The standard InChI is InChI=1S/C13H16N4OS/c1-13(2,3)11-16-17-12(19-11)15-10(18)8-4-6-9(14)7-5-8/h4-7H,14H2,1-3H3,(H,15,17,18). The SMILES string of the molecule is CC(C)(C)c1nnc(NC(=O)c2ccc(N)cc2)s1. The van der Waals surface area contributed by atoms with E-state index < -0.39 is 0 Å². The average molecular weight is 276 g/mol. The van der Waals surface area contributed by atoms with Gasteiger partial charge in [-0.25, -0.2) is 0 Å². The van der Waals surface area contributed by atoms with Crippen LogP contribution in [0.1, 0.15) is 36.1 Å². The van der Waals surface area contributed by atoms with Crippen LogP contribution >= 0.6 is 11.3 Å². The van der Waals surface area contributed by atoms with Crippen molar-refractivity contribution in [2.75, 3.05) is 11.1 Å². The Hall–Kier alpha value is -1.95. The lowest BCUT2D eigenvalue weighted by Crippen LogP contribution is -2.11. The minimum absolute atomic E-state index is 0.0676. The van der Waals surface area contributed by atoms with Crippen LogP contribution in [0.5, 0.6) is 0 Å². The highest BCUT2D eigenvalue weighted by molar-refractivity contribution is 7.15. The van der Waals surface area contributed by atoms with Gasteiger partial charge in [-0.2, -0.15) is 0 Å². The van der Waals surface area contributed by atoms with Gasteiger partial charge in [-0.1, -0.05) is 32.1 Å². The number of rotatable bonds is 2. The zero-order valence-corrected chi connectivity index (χ0v) is 11.9. The van der Waals surface area contributed by atoms with Crippen LogP contribution in [0, 0.1) is 0 Å². The van der Waals surface area contributed by atoms with Crippen LogP contribution < -0.4 is 11.1 Å². The van der Waals surface area contributed by atoms with Gasteiger partial charge in [0.1, 0.15) is 5.01 Å². The maximum absolute atomic E-state index is 12.0. The van der Waals surface area contributed by atoms with Crippen LogP contribution in [-0.4, -0.2) is 16.1 Å². The number of anilines is 2. The Balaban J connectivity index is 2.11. The van der Waals surface area contributed by atoms with Gasteiger partial charge in [-0.3, -0.25) is 10.1 Å². The minimum Gasteiger partial charge on any atom is -0.399 e. The molecule has 0 aliphatic rings. The molecule has 1 heterocycles. The quantitative estimate of drug-likeness (QED) is 0.826. The smallest absolute Gasteiger partial charge is 0.257 e. The number of nitrogens with zero attached hydrogens (tertiary/aromatic N) is 2. The van der Waals surface area contributed by atoms with E-state index in [1.54, 1.807) is 24.3 Å². The molecule has 1 aromatic heterocycles. The van der Waals surface area contributed by atoms with Crippen molar-refractivity contribution in [3.05, 3.63) is 34.8 Å². The zero-order valence-electron chi connectivity index (χ0n) is 11.1. The second-order valence-electron chi connectivity index (χ2n) is 5.24. The highest BCUT2D eigenvalue weighted by atomic mass is 32.1. The van der Waals surface area contributed by atoms with Gasteiger partial charge in [0.2, 0.25) is 5.13 Å². The summed E-state index contributed by atoms with van der Waals surface area (Å²) in [4.78, 5) is 12.0. The molecular weight excluding hydrogens is 260 g/mol. The molecular formula is C13H16N4OS. The number of carbonyl (C=O) groups excluding carboxylic acids is 1. The van der Waals surface area contributed by atoms with Gasteiger partial charge in [0.05, 0.1) is 0 Å². The monoisotopic (exact) mass is 276 g/mol. The van der Waals surface area contributed by atoms with Gasteiger partial charge in [0.25, 0.3) is 5.91 Å². The van der Waals surface area contributed by atoms with Gasteiger partial charge < -0.3 is 5.73 Å². The molecule has 0 spiro atoms. The summed E-state index contributed by atoms with van der Waals surface area (Å²) in [5, 5.41) is 12.2. The number of nitrogens with two attached hydrogens (primary N) is 1. The van der Waals surface area contributed by atoms with Crippen LogP contribution in [0.3, 0.4) is 0 Å². The number of nitrogen functional groups attached to an aromatic ring is 1. The van der Waals surface area contributed by atoms with Gasteiger partial charge in [-0.05, 0) is 24.3 Å². The first-order chi connectivity index (χ1) is 8.86. The van der Waals surface area contributed by atoms with Crippen molar-refractivity contribution in [1.29, 1.82) is 0 Å². The molecule has 0 bridgehead atoms. The Kier molecular flexibility index (Phi) is 3.53. The van der Waals surface area contributed by atoms with Crippen molar-refractivity contribution in [3.8, 4) is 0 Å². The van der Waals surface area contributed by atoms with Crippen molar-refractivity contribution < 1.29 is 4.79 Å². The number of aromatic nitrogens is 2. The van der Waals surface area contributed by atoms with Crippen molar-refractivity contribution in [2.45, 2.75) is 26.2 Å².